The lowest BCUT2D eigenvalue weighted by Crippen LogP contribution is -2.29. The lowest BCUT2D eigenvalue weighted by Gasteiger charge is -2.05. The van der Waals surface area contributed by atoms with Crippen molar-refractivity contribution < 1.29 is 18.3 Å². The average molecular weight is 284 g/mol. The minimum atomic E-state index is -3.90. The molecule has 1 aromatic carbocycles. The van der Waals surface area contributed by atoms with Crippen LogP contribution in [0.5, 0.6) is 0 Å². The average Bonchev–Trinajstić information content (AvgIpc) is 2.13. The molecule has 0 fully saturated rings. The van der Waals surface area contributed by atoms with E-state index in [1.807, 2.05) is 4.72 Å². The Morgan fingerprint density at radius 1 is 1.25 bits per heavy atom. The number of carboxylic acid groups (broad SMARTS) is 1. The van der Waals surface area contributed by atoms with Gasteiger partial charge in [-0.3, -0.25) is 4.79 Å². The largest absolute Gasteiger partial charge is 0.480 e. The fraction of sp³-hybridized carbons (Fsp3) is 0.125. The summed E-state index contributed by atoms with van der Waals surface area (Å²) in [6, 6.07) is 3.73. The quantitative estimate of drug-likeness (QED) is 0.874. The van der Waals surface area contributed by atoms with Crippen LogP contribution in [0, 0.1) is 0 Å². The Morgan fingerprint density at radius 3 is 2.19 bits per heavy atom. The highest BCUT2D eigenvalue weighted by Gasteiger charge is 2.16. The zero-order chi connectivity index (χ0) is 12.3. The number of hydrogen-bond acceptors (Lipinski definition) is 3. The van der Waals surface area contributed by atoms with Crippen molar-refractivity contribution in [1.29, 1.82) is 0 Å². The number of nitrogens with one attached hydrogen (secondary N) is 1. The van der Waals surface area contributed by atoms with Gasteiger partial charge in [0.25, 0.3) is 0 Å². The first-order valence-corrected chi connectivity index (χ1v) is 6.23. The summed E-state index contributed by atoms with van der Waals surface area (Å²) >= 11 is 11.3. The molecule has 0 heterocycles. The van der Waals surface area contributed by atoms with Gasteiger partial charge in [-0.15, -0.1) is 0 Å². The molecule has 0 aliphatic heterocycles. The summed E-state index contributed by atoms with van der Waals surface area (Å²) in [6.07, 6.45) is 0. The fourth-order valence-electron chi connectivity index (χ4n) is 0.924. The highest BCUT2D eigenvalue weighted by molar-refractivity contribution is 7.89. The molecule has 5 nitrogen and oxygen atoms in total. The van der Waals surface area contributed by atoms with Gasteiger partial charge in [0.1, 0.15) is 6.54 Å². The van der Waals surface area contributed by atoms with Crippen molar-refractivity contribution in [2.45, 2.75) is 4.90 Å². The molecule has 1 rings (SSSR count). The fourth-order valence-corrected chi connectivity index (χ4v) is 2.62. The molecule has 0 radical (unpaired) electrons. The van der Waals surface area contributed by atoms with Gasteiger partial charge in [-0.2, -0.15) is 4.72 Å². The molecule has 0 saturated carbocycles. The van der Waals surface area contributed by atoms with Crippen LogP contribution in [-0.4, -0.2) is 26.0 Å². The minimum Gasteiger partial charge on any atom is -0.480 e. The third-order valence-electron chi connectivity index (χ3n) is 1.56. The van der Waals surface area contributed by atoms with Crippen LogP contribution in [0.15, 0.2) is 23.1 Å². The molecular weight excluding hydrogens is 277 g/mol. The van der Waals surface area contributed by atoms with Crippen molar-refractivity contribution in [1.82, 2.24) is 4.72 Å². The van der Waals surface area contributed by atoms with E-state index in [0.29, 0.717) is 0 Å². The van der Waals surface area contributed by atoms with Crippen LogP contribution in [0.4, 0.5) is 0 Å². The molecule has 0 saturated heterocycles. The Hall–Kier alpha value is -0.820. The summed E-state index contributed by atoms with van der Waals surface area (Å²) in [5, 5.41) is 8.67. The lowest BCUT2D eigenvalue weighted by atomic mass is 10.4. The van der Waals surface area contributed by atoms with E-state index in [4.69, 9.17) is 28.3 Å². The number of hydrogen-bond donors (Lipinski definition) is 2. The van der Waals surface area contributed by atoms with E-state index < -0.39 is 22.5 Å². The summed E-state index contributed by atoms with van der Waals surface area (Å²) in [5.41, 5.74) is 0. The summed E-state index contributed by atoms with van der Waals surface area (Å²) in [7, 11) is -3.90. The smallest absolute Gasteiger partial charge is 0.318 e. The topological polar surface area (TPSA) is 83.5 Å². The number of aliphatic carboxylic acids is 1. The molecular formula is C8H7Cl2NO4S. The summed E-state index contributed by atoms with van der Waals surface area (Å²) < 4.78 is 25.0. The maximum atomic E-state index is 11.5. The molecule has 8 heteroatoms. The van der Waals surface area contributed by atoms with E-state index in [9.17, 15) is 13.2 Å². The predicted molar refractivity (Wildman–Crippen MR) is 59.3 cm³/mol. The predicted octanol–water partition coefficient (Wildman–Crippen LogP) is 1.36. The maximum Gasteiger partial charge on any atom is 0.318 e. The van der Waals surface area contributed by atoms with E-state index in [-0.39, 0.29) is 14.9 Å². The monoisotopic (exact) mass is 283 g/mol. The first kappa shape index (κ1) is 13.2. The van der Waals surface area contributed by atoms with Crippen LogP contribution in [-0.2, 0) is 14.8 Å². The number of carbonyl (C=O) groups is 1. The Morgan fingerprint density at radius 2 is 1.75 bits per heavy atom. The second kappa shape index (κ2) is 5.01. The minimum absolute atomic E-state index is 0.156. The molecule has 0 atom stereocenters. The Kier molecular flexibility index (Phi) is 4.15. The zero-order valence-electron chi connectivity index (χ0n) is 7.78. The maximum absolute atomic E-state index is 11.5. The lowest BCUT2D eigenvalue weighted by molar-refractivity contribution is -0.135. The molecule has 2 N–H and O–H groups in total. The highest BCUT2D eigenvalue weighted by Crippen LogP contribution is 2.21. The van der Waals surface area contributed by atoms with Crippen LogP contribution in [0.3, 0.4) is 0 Å². The van der Waals surface area contributed by atoms with Gasteiger partial charge < -0.3 is 5.11 Å². The summed E-state index contributed by atoms with van der Waals surface area (Å²) in [6.45, 7) is -0.702. The first-order chi connectivity index (χ1) is 7.31. The molecule has 0 aliphatic rings. The van der Waals surface area contributed by atoms with Gasteiger partial charge in [0.2, 0.25) is 10.0 Å². The van der Waals surface area contributed by atoms with Gasteiger partial charge in [-0.25, -0.2) is 8.42 Å². The van der Waals surface area contributed by atoms with Gasteiger partial charge in [0.05, 0.1) is 4.90 Å². The SMILES string of the molecule is O=C(O)CNS(=O)(=O)c1cc(Cl)cc(Cl)c1. The molecule has 0 aliphatic carbocycles. The van der Waals surface area contributed by atoms with E-state index in [1.165, 1.54) is 18.2 Å². The molecule has 0 spiro atoms. The van der Waals surface area contributed by atoms with Crippen molar-refractivity contribution in [3.8, 4) is 0 Å². The number of sulfonamides is 1. The van der Waals surface area contributed by atoms with E-state index in [2.05, 4.69) is 0 Å². The van der Waals surface area contributed by atoms with Crippen LogP contribution in [0.1, 0.15) is 0 Å². The van der Waals surface area contributed by atoms with Crippen molar-refractivity contribution in [3.05, 3.63) is 28.2 Å². The molecule has 0 aromatic heterocycles. The molecule has 0 bridgehead atoms. The van der Waals surface area contributed by atoms with Crippen molar-refractivity contribution >= 4 is 39.2 Å². The van der Waals surface area contributed by atoms with Crippen molar-refractivity contribution in [2.75, 3.05) is 6.54 Å². The van der Waals surface area contributed by atoms with Crippen LogP contribution in [0.2, 0.25) is 10.0 Å². The third kappa shape index (κ3) is 3.64. The van der Waals surface area contributed by atoms with Crippen LogP contribution >= 0.6 is 23.2 Å². The summed E-state index contributed by atoms with van der Waals surface area (Å²) in [4.78, 5) is 10.1. The van der Waals surface area contributed by atoms with Gasteiger partial charge in [-0.05, 0) is 18.2 Å². The van der Waals surface area contributed by atoms with Gasteiger partial charge in [0, 0.05) is 10.0 Å². The Labute approximate surface area is 102 Å². The number of benzene rings is 1. The van der Waals surface area contributed by atoms with Gasteiger partial charge >= 0.3 is 5.97 Å². The molecule has 0 amide bonds. The first-order valence-electron chi connectivity index (χ1n) is 3.99. The summed E-state index contributed by atoms with van der Waals surface area (Å²) in [5.74, 6) is -1.28. The molecule has 0 unspecified atom stereocenters. The standard InChI is InChI=1S/C8H7Cl2NO4S/c9-5-1-6(10)3-7(2-5)16(14,15)11-4-8(12)13/h1-3,11H,4H2,(H,12,13). The molecule has 16 heavy (non-hydrogen) atoms. The number of halogens is 2. The van der Waals surface area contributed by atoms with Crippen LogP contribution < -0.4 is 4.72 Å². The Bertz CT molecular complexity index is 495. The second-order valence-corrected chi connectivity index (χ2v) is 5.46. The normalized spacial score (nSPS) is 11.4. The van der Waals surface area contributed by atoms with Gasteiger partial charge in [-0.1, -0.05) is 23.2 Å². The Balaban J connectivity index is 3.02. The van der Waals surface area contributed by atoms with Crippen molar-refractivity contribution in [3.63, 3.8) is 0 Å². The highest BCUT2D eigenvalue weighted by atomic mass is 35.5. The van der Waals surface area contributed by atoms with Gasteiger partial charge in [0.15, 0.2) is 0 Å². The number of rotatable bonds is 4. The van der Waals surface area contributed by atoms with Crippen molar-refractivity contribution in [2.24, 2.45) is 0 Å². The van der Waals surface area contributed by atoms with E-state index in [1.54, 1.807) is 0 Å². The van der Waals surface area contributed by atoms with E-state index >= 15 is 0 Å². The van der Waals surface area contributed by atoms with Crippen LogP contribution in [0.25, 0.3) is 0 Å². The zero-order valence-corrected chi connectivity index (χ0v) is 10.1. The number of carboxylic acids is 1. The second-order valence-electron chi connectivity index (χ2n) is 2.82. The van der Waals surface area contributed by atoms with E-state index in [0.717, 1.165) is 0 Å². The molecule has 88 valence electrons. The third-order valence-corrected chi connectivity index (χ3v) is 3.38. The molecule has 1 aromatic rings.